The van der Waals surface area contributed by atoms with Crippen LogP contribution in [0.3, 0.4) is 0 Å². The highest BCUT2D eigenvalue weighted by atomic mass is 32.2. The zero-order valence-corrected chi connectivity index (χ0v) is 10.8. The molecule has 2 heterocycles. The van der Waals surface area contributed by atoms with Crippen LogP contribution in [-0.4, -0.2) is 40.5 Å². The Hall–Kier alpha value is -0.380. The molecule has 0 bridgehead atoms. The lowest BCUT2D eigenvalue weighted by atomic mass is 9.88. The van der Waals surface area contributed by atoms with E-state index in [9.17, 15) is 0 Å². The van der Waals surface area contributed by atoms with Gasteiger partial charge in [-0.15, -0.1) is 0 Å². The molecule has 1 saturated heterocycles. The third-order valence-corrected chi connectivity index (χ3v) is 5.81. The zero-order chi connectivity index (χ0) is 11.2. The highest BCUT2D eigenvalue weighted by molar-refractivity contribution is 8.00. The minimum Gasteiger partial charge on any atom is -0.370 e. The van der Waals surface area contributed by atoms with E-state index in [2.05, 4.69) is 28.6 Å². The van der Waals surface area contributed by atoms with Crippen LogP contribution in [0.4, 0.5) is 0 Å². The van der Waals surface area contributed by atoms with Gasteiger partial charge in [0, 0.05) is 11.8 Å². The van der Waals surface area contributed by atoms with E-state index in [0.717, 1.165) is 25.0 Å². The molecule has 2 fully saturated rings. The molecule has 0 aromatic carbocycles. The Kier molecular flexibility index (Phi) is 2.57. The first kappa shape index (κ1) is 10.8. The van der Waals surface area contributed by atoms with E-state index in [1.54, 1.807) is 0 Å². The average Bonchev–Trinajstić information content (AvgIpc) is 3.04. The molecule has 0 amide bonds. The summed E-state index contributed by atoms with van der Waals surface area (Å²) >= 11 is 2.10. The van der Waals surface area contributed by atoms with Crippen molar-refractivity contribution >= 4 is 17.7 Å². The molecule has 1 spiro atoms. The van der Waals surface area contributed by atoms with Crippen LogP contribution in [0.15, 0.2) is 4.99 Å². The van der Waals surface area contributed by atoms with Gasteiger partial charge in [-0.05, 0) is 37.4 Å². The third kappa shape index (κ3) is 1.62. The number of hydrogen-bond donors (Lipinski definition) is 1. The van der Waals surface area contributed by atoms with Crippen LogP contribution in [0, 0.1) is 5.92 Å². The summed E-state index contributed by atoms with van der Waals surface area (Å²) in [5, 5.41) is 0.671. The number of nitrogens with zero attached hydrogens (tertiary/aromatic N) is 2. The second-order valence-corrected chi connectivity index (χ2v) is 6.90. The number of rotatable bonds is 2. The van der Waals surface area contributed by atoms with Crippen molar-refractivity contribution in [1.82, 2.24) is 4.90 Å². The topological polar surface area (TPSA) is 41.6 Å². The molecule has 16 heavy (non-hydrogen) atoms. The fourth-order valence-corrected chi connectivity index (χ4v) is 4.30. The lowest BCUT2D eigenvalue weighted by Gasteiger charge is -2.46. The summed E-state index contributed by atoms with van der Waals surface area (Å²) in [6, 6.07) is 0. The maximum absolute atomic E-state index is 6.09. The highest BCUT2D eigenvalue weighted by Crippen LogP contribution is 2.43. The fraction of sp³-hybridized carbons (Fsp3) is 0.917. The number of nitrogens with two attached hydrogens (primary N) is 1. The maximum atomic E-state index is 6.09. The summed E-state index contributed by atoms with van der Waals surface area (Å²) in [6.45, 7) is 4.44. The number of guanidine groups is 1. The van der Waals surface area contributed by atoms with Crippen molar-refractivity contribution < 1.29 is 0 Å². The van der Waals surface area contributed by atoms with E-state index in [0.29, 0.717) is 5.25 Å². The standard InChI is InChI=1S/C12H21N3S/c1-9-12(5-2-6-16-9)8-14-11(13)15(12)7-10-3-4-10/h9-10H,2-8H2,1H3,(H2,13,14). The van der Waals surface area contributed by atoms with Crippen molar-refractivity contribution in [2.24, 2.45) is 16.6 Å². The first-order valence-corrected chi connectivity index (χ1v) is 7.46. The predicted octanol–water partition coefficient (Wildman–Crippen LogP) is 1.68. The minimum absolute atomic E-state index is 0.260. The molecule has 4 heteroatoms. The van der Waals surface area contributed by atoms with Crippen LogP contribution in [0.2, 0.25) is 0 Å². The van der Waals surface area contributed by atoms with Gasteiger partial charge in [-0.2, -0.15) is 11.8 Å². The molecule has 2 aliphatic heterocycles. The minimum atomic E-state index is 0.260. The summed E-state index contributed by atoms with van der Waals surface area (Å²) < 4.78 is 0. The van der Waals surface area contributed by atoms with Crippen molar-refractivity contribution in [1.29, 1.82) is 0 Å². The fourth-order valence-electron chi connectivity index (χ4n) is 3.01. The normalized spacial score (nSPS) is 39.2. The van der Waals surface area contributed by atoms with Gasteiger partial charge in [0.25, 0.3) is 0 Å². The van der Waals surface area contributed by atoms with Crippen LogP contribution in [0.1, 0.15) is 32.6 Å². The first-order chi connectivity index (χ1) is 7.72. The predicted molar refractivity (Wildman–Crippen MR) is 69.8 cm³/mol. The third-order valence-electron chi connectivity index (χ3n) is 4.35. The monoisotopic (exact) mass is 239 g/mol. The quantitative estimate of drug-likeness (QED) is 0.797. The molecule has 0 aromatic heterocycles. The molecule has 1 aliphatic carbocycles. The molecule has 3 aliphatic rings. The smallest absolute Gasteiger partial charge is 0.191 e. The largest absolute Gasteiger partial charge is 0.370 e. The van der Waals surface area contributed by atoms with E-state index in [1.165, 1.54) is 31.4 Å². The van der Waals surface area contributed by atoms with E-state index < -0.39 is 0 Å². The number of thioether (sulfide) groups is 1. The number of hydrogen-bond acceptors (Lipinski definition) is 4. The van der Waals surface area contributed by atoms with Gasteiger partial charge >= 0.3 is 0 Å². The Bertz CT molecular complexity index is 313. The molecule has 0 radical (unpaired) electrons. The summed E-state index contributed by atoms with van der Waals surface area (Å²) in [6.07, 6.45) is 5.37. The van der Waals surface area contributed by atoms with E-state index in [4.69, 9.17) is 5.73 Å². The summed E-state index contributed by atoms with van der Waals surface area (Å²) in [5.41, 5.74) is 6.35. The van der Waals surface area contributed by atoms with Crippen molar-refractivity contribution in [3.05, 3.63) is 0 Å². The van der Waals surface area contributed by atoms with Crippen LogP contribution in [0.25, 0.3) is 0 Å². The van der Waals surface area contributed by atoms with E-state index in [-0.39, 0.29) is 5.54 Å². The number of aliphatic imine (C=N–C) groups is 1. The van der Waals surface area contributed by atoms with Crippen LogP contribution in [0.5, 0.6) is 0 Å². The molecule has 1 saturated carbocycles. The molecule has 2 unspecified atom stereocenters. The molecule has 2 N–H and O–H groups in total. The highest BCUT2D eigenvalue weighted by Gasteiger charge is 2.49. The SMILES string of the molecule is CC1SCCCC12CN=C(N)N2CC1CC1. The Balaban J connectivity index is 1.81. The summed E-state index contributed by atoms with van der Waals surface area (Å²) in [5.74, 6) is 3.00. The van der Waals surface area contributed by atoms with E-state index >= 15 is 0 Å². The molecule has 90 valence electrons. The molecular formula is C12H21N3S. The van der Waals surface area contributed by atoms with Crippen molar-refractivity contribution in [2.45, 2.75) is 43.4 Å². The van der Waals surface area contributed by atoms with Gasteiger partial charge in [0.2, 0.25) is 0 Å². The van der Waals surface area contributed by atoms with Crippen molar-refractivity contribution in [3.8, 4) is 0 Å². The van der Waals surface area contributed by atoms with Gasteiger partial charge in [0.1, 0.15) is 0 Å². The van der Waals surface area contributed by atoms with Gasteiger partial charge in [-0.3, -0.25) is 4.99 Å². The Labute approximate surface area is 102 Å². The van der Waals surface area contributed by atoms with Crippen LogP contribution in [-0.2, 0) is 0 Å². The van der Waals surface area contributed by atoms with Gasteiger partial charge in [-0.25, -0.2) is 0 Å². The summed E-state index contributed by atoms with van der Waals surface area (Å²) in [7, 11) is 0. The second kappa shape index (κ2) is 3.83. The molecule has 3 rings (SSSR count). The maximum Gasteiger partial charge on any atom is 0.191 e. The first-order valence-electron chi connectivity index (χ1n) is 6.41. The summed E-state index contributed by atoms with van der Waals surface area (Å²) in [4.78, 5) is 6.98. The lowest BCUT2D eigenvalue weighted by Crippen LogP contribution is -2.58. The average molecular weight is 239 g/mol. The van der Waals surface area contributed by atoms with E-state index in [1.807, 2.05) is 0 Å². The van der Waals surface area contributed by atoms with Gasteiger partial charge in [-0.1, -0.05) is 6.92 Å². The molecule has 0 aromatic rings. The molecule has 3 nitrogen and oxygen atoms in total. The Morgan fingerprint density at radius 2 is 2.38 bits per heavy atom. The Morgan fingerprint density at radius 1 is 1.56 bits per heavy atom. The van der Waals surface area contributed by atoms with Crippen molar-refractivity contribution in [2.75, 3.05) is 18.8 Å². The van der Waals surface area contributed by atoms with Gasteiger partial charge < -0.3 is 10.6 Å². The van der Waals surface area contributed by atoms with Crippen LogP contribution < -0.4 is 5.73 Å². The zero-order valence-electron chi connectivity index (χ0n) is 9.98. The molecular weight excluding hydrogens is 218 g/mol. The van der Waals surface area contributed by atoms with Gasteiger partial charge in [0.15, 0.2) is 5.96 Å². The second-order valence-electron chi connectivity index (χ2n) is 5.45. The Morgan fingerprint density at radius 3 is 3.06 bits per heavy atom. The van der Waals surface area contributed by atoms with Crippen molar-refractivity contribution in [3.63, 3.8) is 0 Å². The van der Waals surface area contributed by atoms with Crippen LogP contribution >= 0.6 is 11.8 Å². The lowest BCUT2D eigenvalue weighted by molar-refractivity contribution is 0.173. The van der Waals surface area contributed by atoms with Gasteiger partial charge in [0.05, 0.1) is 12.1 Å². The molecule has 2 atom stereocenters.